The van der Waals surface area contributed by atoms with Crippen LogP contribution >= 0.6 is 0 Å². The number of amides is 1. The second kappa shape index (κ2) is 8.51. The molecule has 0 spiro atoms. The van der Waals surface area contributed by atoms with Gasteiger partial charge < -0.3 is 9.88 Å². The van der Waals surface area contributed by atoms with Gasteiger partial charge in [0.15, 0.2) is 14.9 Å². The number of carbonyl (C=O) groups excluding carboxylic acids is 1. The summed E-state index contributed by atoms with van der Waals surface area (Å²) in [6.07, 6.45) is 8.01. The van der Waals surface area contributed by atoms with E-state index in [1.54, 1.807) is 30.6 Å². The highest BCUT2D eigenvalue weighted by atomic mass is 32.2. The lowest BCUT2D eigenvalue weighted by Gasteiger charge is -2.18. The Labute approximate surface area is 184 Å². The Kier molecular flexibility index (Phi) is 5.75. The second-order valence-corrected chi connectivity index (χ2v) is 9.38. The summed E-state index contributed by atoms with van der Waals surface area (Å²) in [6.45, 7) is 1.90. The molecule has 1 aromatic carbocycles. The minimum Gasteiger partial charge on any atom is -0.345 e. The lowest BCUT2D eigenvalue weighted by Crippen LogP contribution is -2.28. The van der Waals surface area contributed by atoms with Gasteiger partial charge in [0.1, 0.15) is 5.82 Å². The molecule has 0 saturated heterocycles. The highest BCUT2D eigenvalue weighted by Gasteiger charge is 2.20. The van der Waals surface area contributed by atoms with Crippen LogP contribution < -0.4 is 5.32 Å². The molecule has 0 aliphatic rings. The van der Waals surface area contributed by atoms with Crippen LogP contribution in [0.3, 0.4) is 0 Å². The number of aromatic nitrogens is 3. The smallest absolute Gasteiger partial charge is 0.254 e. The number of sulfone groups is 1. The molecule has 4 rings (SSSR count). The van der Waals surface area contributed by atoms with Crippen molar-refractivity contribution in [3.8, 4) is 5.69 Å². The van der Waals surface area contributed by atoms with E-state index in [0.717, 1.165) is 11.9 Å². The van der Waals surface area contributed by atoms with Crippen LogP contribution in [0.5, 0.6) is 0 Å². The largest absolute Gasteiger partial charge is 0.345 e. The van der Waals surface area contributed by atoms with Crippen molar-refractivity contribution in [1.82, 2.24) is 19.9 Å². The average molecular weight is 453 g/mol. The summed E-state index contributed by atoms with van der Waals surface area (Å²) in [5, 5.41) is 3.62. The number of nitrogens with zero attached hydrogens (tertiary/aromatic N) is 3. The number of hydrogen-bond acceptors (Lipinski definition) is 5. The Morgan fingerprint density at radius 3 is 2.59 bits per heavy atom. The van der Waals surface area contributed by atoms with Gasteiger partial charge in [-0.15, -0.1) is 0 Å². The first kappa shape index (κ1) is 21.6. The number of carbonyl (C=O) groups is 1. The quantitative estimate of drug-likeness (QED) is 0.480. The van der Waals surface area contributed by atoms with Gasteiger partial charge in [-0.2, -0.15) is 0 Å². The van der Waals surface area contributed by atoms with Gasteiger partial charge in [-0.3, -0.25) is 9.78 Å². The Morgan fingerprint density at radius 1 is 1.16 bits per heavy atom. The summed E-state index contributed by atoms with van der Waals surface area (Å²) in [5.74, 6) is -0.659. The molecular weight excluding hydrogens is 431 g/mol. The molecule has 32 heavy (non-hydrogen) atoms. The number of fused-ring (bicyclic) bond motifs is 1. The molecule has 4 aromatic rings. The first-order chi connectivity index (χ1) is 15.3. The third kappa shape index (κ3) is 4.24. The van der Waals surface area contributed by atoms with Crippen LogP contribution in [0.2, 0.25) is 0 Å². The molecule has 1 atom stereocenters. The highest BCUT2D eigenvalue weighted by Crippen LogP contribution is 2.25. The SMILES string of the molecule is CCC(NC(=O)c1cncc2c1ccn2-c1ccc(F)cc1)c1ccnc(S(C)(=O)=O)c1. The minimum absolute atomic E-state index is 0.0390. The number of benzene rings is 1. The first-order valence-corrected chi connectivity index (χ1v) is 11.8. The lowest BCUT2D eigenvalue weighted by molar-refractivity contribution is 0.0937. The van der Waals surface area contributed by atoms with Crippen LogP contribution in [0.1, 0.15) is 35.3 Å². The zero-order valence-electron chi connectivity index (χ0n) is 17.5. The fraction of sp³-hybridized carbons (Fsp3) is 0.174. The normalized spacial score (nSPS) is 12.6. The van der Waals surface area contributed by atoms with Crippen molar-refractivity contribution >= 4 is 26.6 Å². The molecule has 7 nitrogen and oxygen atoms in total. The predicted molar refractivity (Wildman–Crippen MR) is 119 cm³/mol. The van der Waals surface area contributed by atoms with Gasteiger partial charge in [-0.05, 0) is 54.4 Å². The van der Waals surface area contributed by atoms with Gasteiger partial charge in [0.05, 0.1) is 23.3 Å². The average Bonchev–Trinajstić information content (AvgIpc) is 3.21. The molecule has 3 aromatic heterocycles. The van der Waals surface area contributed by atoms with Crippen LogP contribution in [0.4, 0.5) is 4.39 Å². The van der Waals surface area contributed by atoms with Crippen molar-refractivity contribution in [3.63, 3.8) is 0 Å². The Morgan fingerprint density at radius 2 is 1.91 bits per heavy atom. The van der Waals surface area contributed by atoms with Crippen LogP contribution in [-0.2, 0) is 9.84 Å². The number of pyridine rings is 2. The van der Waals surface area contributed by atoms with Crippen LogP contribution in [0.25, 0.3) is 16.6 Å². The summed E-state index contributed by atoms with van der Waals surface area (Å²) in [7, 11) is -3.46. The highest BCUT2D eigenvalue weighted by molar-refractivity contribution is 7.90. The van der Waals surface area contributed by atoms with E-state index in [-0.39, 0.29) is 16.8 Å². The van der Waals surface area contributed by atoms with Crippen LogP contribution in [0, 0.1) is 5.82 Å². The van der Waals surface area contributed by atoms with Crippen molar-refractivity contribution in [2.75, 3.05) is 6.26 Å². The van der Waals surface area contributed by atoms with Gasteiger partial charge in [-0.1, -0.05) is 6.92 Å². The van der Waals surface area contributed by atoms with E-state index in [9.17, 15) is 17.6 Å². The minimum atomic E-state index is -3.46. The molecule has 1 amide bonds. The van der Waals surface area contributed by atoms with Gasteiger partial charge in [0.2, 0.25) is 0 Å². The van der Waals surface area contributed by atoms with E-state index in [1.807, 2.05) is 17.6 Å². The molecule has 0 aliphatic carbocycles. The maximum Gasteiger partial charge on any atom is 0.254 e. The molecule has 0 radical (unpaired) electrons. The molecule has 0 fully saturated rings. The van der Waals surface area contributed by atoms with Crippen LogP contribution in [-0.4, -0.2) is 35.1 Å². The van der Waals surface area contributed by atoms with Crippen molar-refractivity contribution < 1.29 is 17.6 Å². The summed E-state index contributed by atoms with van der Waals surface area (Å²) < 4.78 is 38.8. The van der Waals surface area contributed by atoms with Crippen molar-refractivity contribution in [1.29, 1.82) is 0 Å². The Bertz CT molecular complexity index is 1400. The molecule has 0 aliphatic heterocycles. The van der Waals surface area contributed by atoms with Gasteiger partial charge in [-0.25, -0.2) is 17.8 Å². The molecule has 1 N–H and O–H groups in total. The van der Waals surface area contributed by atoms with E-state index in [2.05, 4.69) is 15.3 Å². The fourth-order valence-corrected chi connectivity index (χ4v) is 4.17. The maximum absolute atomic E-state index is 13.3. The Balaban J connectivity index is 1.66. The van der Waals surface area contributed by atoms with E-state index >= 15 is 0 Å². The van der Waals surface area contributed by atoms with Gasteiger partial charge in [0.25, 0.3) is 5.91 Å². The topological polar surface area (TPSA) is 93.9 Å². The number of nitrogens with one attached hydrogen (secondary N) is 1. The van der Waals surface area contributed by atoms with E-state index in [4.69, 9.17) is 0 Å². The van der Waals surface area contributed by atoms with E-state index in [0.29, 0.717) is 28.5 Å². The molecule has 1 unspecified atom stereocenters. The van der Waals surface area contributed by atoms with Crippen LogP contribution in [0.15, 0.2) is 72.3 Å². The summed E-state index contributed by atoms with van der Waals surface area (Å²) in [6, 6.07) is 10.6. The summed E-state index contributed by atoms with van der Waals surface area (Å²) in [4.78, 5) is 21.3. The Hall–Kier alpha value is -3.59. The second-order valence-electron chi connectivity index (χ2n) is 7.42. The molecule has 0 saturated carbocycles. The third-order valence-corrected chi connectivity index (χ3v) is 6.20. The first-order valence-electron chi connectivity index (χ1n) is 9.96. The summed E-state index contributed by atoms with van der Waals surface area (Å²) in [5.41, 5.74) is 2.50. The fourth-order valence-electron chi connectivity index (χ4n) is 3.57. The monoisotopic (exact) mass is 452 g/mol. The van der Waals surface area contributed by atoms with E-state index in [1.165, 1.54) is 30.6 Å². The lowest BCUT2D eigenvalue weighted by atomic mass is 10.1. The molecule has 9 heteroatoms. The predicted octanol–water partition coefficient (Wildman–Crippen LogP) is 3.84. The van der Waals surface area contributed by atoms with Gasteiger partial charge >= 0.3 is 0 Å². The zero-order valence-corrected chi connectivity index (χ0v) is 18.3. The number of halogens is 1. The molecule has 164 valence electrons. The van der Waals surface area contributed by atoms with Gasteiger partial charge in [0, 0.05) is 35.9 Å². The molecule has 0 bridgehead atoms. The maximum atomic E-state index is 13.3. The standard InChI is InChI=1S/C23H21FN4O3S/c1-3-20(15-8-10-26-22(12-15)32(2,30)31)27-23(29)19-13-25-14-21-18(19)9-11-28(21)17-6-4-16(24)5-7-17/h4-14,20H,3H2,1-2H3,(H,27,29). The number of hydrogen-bond donors (Lipinski definition) is 1. The van der Waals surface area contributed by atoms with E-state index < -0.39 is 15.9 Å². The third-order valence-electron chi connectivity index (χ3n) is 5.22. The zero-order chi connectivity index (χ0) is 22.9. The van der Waals surface area contributed by atoms with Crippen molar-refractivity contribution in [2.45, 2.75) is 24.4 Å². The summed E-state index contributed by atoms with van der Waals surface area (Å²) >= 11 is 0. The number of rotatable bonds is 6. The van der Waals surface area contributed by atoms with Crippen molar-refractivity contribution in [3.05, 3.63) is 84.2 Å². The molecular formula is C23H21FN4O3S. The molecule has 3 heterocycles. The van der Waals surface area contributed by atoms with Crippen molar-refractivity contribution in [2.24, 2.45) is 0 Å².